The molecule has 4 heterocycles. The topological polar surface area (TPSA) is 84.2 Å². The molecule has 1 amide bonds. The Balaban J connectivity index is 1.42. The van der Waals surface area contributed by atoms with E-state index in [0.29, 0.717) is 36.0 Å². The summed E-state index contributed by atoms with van der Waals surface area (Å²) in [6.45, 7) is 1.08. The summed E-state index contributed by atoms with van der Waals surface area (Å²) in [4.78, 5) is 42.0. The lowest BCUT2D eigenvalue weighted by molar-refractivity contribution is 0.0724. The number of aromatic nitrogens is 4. The molecule has 2 fully saturated rings. The minimum atomic E-state index is -0.424. The second-order valence-electron chi connectivity index (χ2n) is 7.60. The van der Waals surface area contributed by atoms with E-state index in [1.165, 1.54) is 29.1 Å². The van der Waals surface area contributed by atoms with Gasteiger partial charge < -0.3 is 9.80 Å². The fraction of sp³-hybridized carbons (Fsp3) is 0.286. The average molecular weight is 406 g/mol. The van der Waals surface area contributed by atoms with Gasteiger partial charge in [-0.1, -0.05) is 6.07 Å². The van der Waals surface area contributed by atoms with Crippen molar-refractivity contribution in [3.63, 3.8) is 0 Å². The standard InChI is InChI=1S/C21H19FN6O2/c1-26-19(29)9-18(17-5-6-23-12-24-17)25-21(26)28-11-15-8-16(28)10-27(15)20(30)13-3-2-4-14(22)7-13/h2-7,9,12,15-16H,8,10-11H2,1H3/t15?,16-/m0/s1. The number of benzene rings is 1. The minimum Gasteiger partial charge on any atom is -0.335 e. The Kier molecular flexibility index (Phi) is 4.30. The molecule has 1 unspecified atom stereocenters. The molecule has 2 aliphatic rings. The van der Waals surface area contributed by atoms with Crippen molar-refractivity contribution >= 4 is 11.9 Å². The van der Waals surface area contributed by atoms with Crippen LogP contribution in [0.5, 0.6) is 0 Å². The summed E-state index contributed by atoms with van der Waals surface area (Å²) in [6, 6.07) is 8.97. The number of hydrogen-bond acceptors (Lipinski definition) is 6. The maximum Gasteiger partial charge on any atom is 0.255 e. The Labute approximate surface area is 171 Å². The number of nitrogens with zero attached hydrogens (tertiary/aromatic N) is 6. The lowest BCUT2D eigenvalue weighted by atomic mass is 10.1. The number of rotatable bonds is 3. The maximum absolute atomic E-state index is 13.5. The summed E-state index contributed by atoms with van der Waals surface area (Å²) in [5.74, 6) is -0.0349. The first-order valence-electron chi connectivity index (χ1n) is 9.69. The zero-order valence-corrected chi connectivity index (χ0v) is 16.3. The number of carbonyl (C=O) groups excluding carboxylic acids is 1. The fourth-order valence-electron chi connectivity index (χ4n) is 4.31. The van der Waals surface area contributed by atoms with Crippen molar-refractivity contribution in [1.29, 1.82) is 0 Å². The first-order valence-corrected chi connectivity index (χ1v) is 9.69. The van der Waals surface area contributed by atoms with E-state index in [1.807, 2.05) is 0 Å². The molecular weight excluding hydrogens is 387 g/mol. The molecular formula is C21H19FN6O2. The summed E-state index contributed by atoms with van der Waals surface area (Å²) in [5, 5.41) is 0. The Hall–Kier alpha value is -3.62. The van der Waals surface area contributed by atoms with Crippen LogP contribution in [0.3, 0.4) is 0 Å². The molecule has 152 valence electrons. The molecule has 0 radical (unpaired) electrons. The van der Waals surface area contributed by atoms with Gasteiger partial charge in [-0.25, -0.2) is 19.3 Å². The van der Waals surface area contributed by atoms with Gasteiger partial charge in [0.15, 0.2) is 0 Å². The van der Waals surface area contributed by atoms with Gasteiger partial charge in [0, 0.05) is 38.0 Å². The highest BCUT2D eigenvalue weighted by atomic mass is 19.1. The van der Waals surface area contributed by atoms with E-state index in [2.05, 4.69) is 19.9 Å². The summed E-state index contributed by atoms with van der Waals surface area (Å²) in [6.07, 6.45) is 3.81. The summed E-state index contributed by atoms with van der Waals surface area (Å²) >= 11 is 0. The molecule has 2 atom stereocenters. The molecule has 3 aromatic rings. The van der Waals surface area contributed by atoms with Crippen LogP contribution in [-0.2, 0) is 7.05 Å². The number of hydrogen-bond donors (Lipinski definition) is 0. The van der Waals surface area contributed by atoms with Gasteiger partial charge in [0.25, 0.3) is 11.5 Å². The van der Waals surface area contributed by atoms with E-state index in [0.717, 1.165) is 6.42 Å². The molecule has 9 heteroatoms. The van der Waals surface area contributed by atoms with Gasteiger partial charge in [-0.3, -0.25) is 14.2 Å². The lowest BCUT2D eigenvalue weighted by Gasteiger charge is -2.35. The van der Waals surface area contributed by atoms with Crippen molar-refractivity contribution in [1.82, 2.24) is 24.4 Å². The third kappa shape index (κ3) is 3.02. The monoisotopic (exact) mass is 406 g/mol. The van der Waals surface area contributed by atoms with Crippen molar-refractivity contribution < 1.29 is 9.18 Å². The van der Waals surface area contributed by atoms with Crippen LogP contribution in [0.4, 0.5) is 10.3 Å². The van der Waals surface area contributed by atoms with Crippen LogP contribution in [0.25, 0.3) is 11.4 Å². The van der Waals surface area contributed by atoms with Gasteiger partial charge in [-0.15, -0.1) is 0 Å². The number of halogens is 1. The molecule has 2 saturated heterocycles. The SMILES string of the molecule is Cn1c(N2CC3C[C@H]2CN3C(=O)c2cccc(F)c2)nc(-c2ccncn2)cc1=O. The zero-order chi connectivity index (χ0) is 20.8. The van der Waals surface area contributed by atoms with E-state index >= 15 is 0 Å². The predicted molar refractivity (Wildman–Crippen MR) is 107 cm³/mol. The number of anilines is 1. The highest BCUT2D eigenvalue weighted by Gasteiger charge is 2.46. The van der Waals surface area contributed by atoms with E-state index in [1.54, 1.807) is 36.3 Å². The van der Waals surface area contributed by atoms with Crippen LogP contribution in [0.1, 0.15) is 16.8 Å². The Morgan fingerprint density at radius 2 is 2.00 bits per heavy atom. The second kappa shape index (κ2) is 7.01. The minimum absolute atomic E-state index is 0.00891. The predicted octanol–water partition coefficient (Wildman–Crippen LogP) is 1.48. The molecule has 2 bridgehead atoms. The number of amides is 1. The lowest BCUT2D eigenvalue weighted by Crippen LogP contribution is -2.50. The highest BCUT2D eigenvalue weighted by Crippen LogP contribution is 2.34. The van der Waals surface area contributed by atoms with Crippen LogP contribution in [0, 0.1) is 5.82 Å². The fourth-order valence-corrected chi connectivity index (χ4v) is 4.31. The van der Waals surface area contributed by atoms with Crippen molar-refractivity contribution in [2.45, 2.75) is 18.5 Å². The van der Waals surface area contributed by atoms with Crippen LogP contribution in [-0.4, -0.2) is 55.5 Å². The second-order valence-corrected chi connectivity index (χ2v) is 7.60. The third-order valence-electron chi connectivity index (χ3n) is 5.79. The first kappa shape index (κ1) is 18.4. The number of likely N-dealkylation sites (tertiary alicyclic amines) is 1. The first-order chi connectivity index (χ1) is 14.5. The Bertz CT molecular complexity index is 1180. The van der Waals surface area contributed by atoms with Crippen LogP contribution >= 0.6 is 0 Å². The van der Waals surface area contributed by atoms with Crippen molar-refractivity contribution in [2.24, 2.45) is 7.05 Å². The number of fused-ring (bicyclic) bond motifs is 2. The van der Waals surface area contributed by atoms with Gasteiger partial charge in [-0.05, 0) is 30.7 Å². The normalized spacial score (nSPS) is 20.1. The van der Waals surface area contributed by atoms with Gasteiger partial charge in [0.2, 0.25) is 5.95 Å². The molecule has 30 heavy (non-hydrogen) atoms. The third-order valence-corrected chi connectivity index (χ3v) is 5.79. The molecule has 0 saturated carbocycles. The molecule has 2 aliphatic heterocycles. The van der Waals surface area contributed by atoms with Gasteiger partial charge in [0.05, 0.1) is 23.5 Å². The zero-order valence-electron chi connectivity index (χ0n) is 16.3. The maximum atomic E-state index is 13.5. The number of carbonyl (C=O) groups is 1. The van der Waals surface area contributed by atoms with E-state index in [9.17, 15) is 14.0 Å². The van der Waals surface area contributed by atoms with Crippen LogP contribution < -0.4 is 10.5 Å². The molecule has 1 aromatic carbocycles. The average Bonchev–Trinajstić information content (AvgIpc) is 3.36. The number of piperazine rings is 1. The quantitative estimate of drug-likeness (QED) is 0.655. The molecule has 5 rings (SSSR count). The van der Waals surface area contributed by atoms with Crippen molar-refractivity contribution in [3.8, 4) is 11.4 Å². The largest absolute Gasteiger partial charge is 0.335 e. The molecule has 8 nitrogen and oxygen atoms in total. The van der Waals surface area contributed by atoms with Gasteiger partial charge in [0.1, 0.15) is 12.1 Å². The highest BCUT2D eigenvalue weighted by molar-refractivity contribution is 5.95. The molecule has 0 aliphatic carbocycles. The molecule has 0 spiro atoms. The van der Waals surface area contributed by atoms with Gasteiger partial charge in [-0.2, -0.15) is 0 Å². The van der Waals surface area contributed by atoms with E-state index < -0.39 is 5.82 Å². The molecule has 0 N–H and O–H groups in total. The summed E-state index contributed by atoms with van der Waals surface area (Å²) < 4.78 is 15.0. The summed E-state index contributed by atoms with van der Waals surface area (Å²) in [7, 11) is 1.69. The summed E-state index contributed by atoms with van der Waals surface area (Å²) in [5.41, 5.74) is 1.25. The molecule has 2 aromatic heterocycles. The van der Waals surface area contributed by atoms with Crippen LogP contribution in [0.15, 0.2) is 53.7 Å². The van der Waals surface area contributed by atoms with E-state index in [4.69, 9.17) is 0 Å². The smallest absolute Gasteiger partial charge is 0.255 e. The van der Waals surface area contributed by atoms with Gasteiger partial charge >= 0.3 is 0 Å². The Morgan fingerprint density at radius 1 is 1.13 bits per heavy atom. The Morgan fingerprint density at radius 3 is 2.70 bits per heavy atom. The van der Waals surface area contributed by atoms with Crippen LogP contribution in [0.2, 0.25) is 0 Å². The van der Waals surface area contributed by atoms with E-state index in [-0.39, 0.29) is 23.6 Å². The van der Waals surface area contributed by atoms with Crippen molar-refractivity contribution in [2.75, 3.05) is 18.0 Å². The van der Waals surface area contributed by atoms with Crippen molar-refractivity contribution in [3.05, 3.63) is 70.7 Å².